The molecule has 1 saturated heterocycles. The summed E-state index contributed by atoms with van der Waals surface area (Å²) in [5.41, 5.74) is 0. The first-order valence-corrected chi connectivity index (χ1v) is 8.02. The van der Waals surface area contributed by atoms with Crippen molar-refractivity contribution < 1.29 is 9.84 Å². The summed E-state index contributed by atoms with van der Waals surface area (Å²) in [6.07, 6.45) is 6.99. The van der Waals surface area contributed by atoms with Crippen molar-refractivity contribution >= 4 is 0 Å². The average molecular weight is 270 g/mol. The molecule has 0 aromatic carbocycles. The third kappa shape index (κ3) is 4.71. The summed E-state index contributed by atoms with van der Waals surface area (Å²) in [7, 11) is 0. The predicted octanol–water partition coefficient (Wildman–Crippen LogP) is 1.33. The fourth-order valence-electron chi connectivity index (χ4n) is 3.44. The van der Waals surface area contributed by atoms with E-state index in [9.17, 15) is 5.11 Å². The first kappa shape index (κ1) is 15.2. The van der Waals surface area contributed by atoms with E-state index in [1.807, 2.05) is 0 Å². The van der Waals surface area contributed by atoms with E-state index in [0.29, 0.717) is 12.1 Å². The van der Waals surface area contributed by atoms with Crippen molar-refractivity contribution in [1.29, 1.82) is 0 Å². The summed E-state index contributed by atoms with van der Waals surface area (Å²) in [4.78, 5) is 4.94. The van der Waals surface area contributed by atoms with Gasteiger partial charge in [-0.3, -0.25) is 9.80 Å². The number of aliphatic hydroxyl groups excluding tert-OH is 1. The minimum Gasteiger partial charge on any atom is -0.395 e. The van der Waals surface area contributed by atoms with Crippen LogP contribution in [0.5, 0.6) is 0 Å². The molecule has 1 aliphatic heterocycles. The topological polar surface area (TPSA) is 35.9 Å². The average Bonchev–Trinajstić information content (AvgIpc) is 2.48. The molecule has 2 rings (SSSR count). The third-order valence-corrected chi connectivity index (χ3v) is 4.59. The van der Waals surface area contributed by atoms with Gasteiger partial charge >= 0.3 is 0 Å². The van der Waals surface area contributed by atoms with Gasteiger partial charge in [-0.05, 0) is 19.4 Å². The van der Waals surface area contributed by atoms with E-state index in [2.05, 4.69) is 16.7 Å². The highest BCUT2D eigenvalue weighted by molar-refractivity contribution is 4.80. The molecule has 4 heteroatoms. The van der Waals surface area contributed by atoms with E-state index < -0.39 is 0 Å². The van der Waals surface area contributed by atoms with Crippen LogP contribution in [-0.4, -0.2) is 73.0 Å². The van der Waals surface area contributed by atoms with Crippen LogP contribution in [0.2, 0.25) is 0 Å². The second kappa shape index (κ2) is 8.20. The summed E-state index contributed by atoms with van der Waals surface area (Å²) < 4.78 is 5.91. The SMILES string of the molecule is CCN1CCOC(CN(CCO)C2CCCCC2)C1. The second-order valence-electron chi connectivity index (χ2n) is 5.90. The first-order valence-electron chi connectivity index (χ1n) is 8.02. The summed E-state index contributed by atoms with van der Waals surface area (Å²) in [6, 6.07) is 0.668. The standard InChI is InChI=1S/C15H30N2O2/c1-2-16-9-11-19-15(12-16)13-17(8-10-18)14-6-4-3-5-7-14/h14-15,18H,2-13H2,1H3. The molecule has 0 radical (unpaired) electrons. The third-order valence-electron chi connectivity index (χ3n) is 4.59. The van der Waals surface area contributed by atoms with Gasteiger partial charge in [0, 0.05) is 32.2 Å². The maximum Gasteiger partial charge on any atom is 0.0829 e. The van der Waals surface area contributed by atoms with Crippen molar-refractivity contribution in [2.75, 3.05) is 45.9 Å². The zero-order chi connectivity index (χ0) is 13.5. The molecule has 0 bridgehead atoms. The zero-order valence-corrected chi connectivity index (χ0v) is 12.4. The molecule has 1 N–H and O–H groups in total. The Morgan fingerprint density at radius 3 is 2.74 bits per heavy atom. The maximum absolute atomic E-state index is 9.30. The Hall–Kier alpha value is -0.160. The normalized spacial score (nSPS) is 27.0. The molecule has 1 heterocycles. The van der Waals surface area contributed by atoms with Crippen molar-refractivity contribution in [2.24, 2.45) is 0 Å². The van der Waals surface area contributed by atoms with Gasteiger partial charge in [0.15, 0.2) is 0 Å². The molecule has 1 saturated carbocycles. The van der Waals surface area contributed by atoms with E-state index in [0.717, 1.165) is 39.3 Å². The largest absolute Gasteiger partial charge is 0.395 e. The lowest BCUT2D eigenvalue weighted by Gasteiger charge is -2.39. The van der Waals surface area contributed by atoms with Crippen LogP contribution < -0.4 is 0 Å². The molecule has 2 aliphatic rings. The first-order chi connectivity index (χ1) is 9.33. The van der Waals surface area contributed by atoms with Crippen molar-refractivity contribution in [1.82, 2.24) is 9.80 Å². The van der Waals surface area contributed by atoms with Gasteiger partial charge in [-0.1, -0.05) is 26.2 Å². The molecule has 1 unspecified atom stereocenters. The van der Waals surface area contributed by atoms with E-state index in [1.54, 1.807) is 0 Å². The Labute approximate surface area is 117 Å². The van der Waals surface area contributed by atoms with E-state index in [1.165, 1.54) is 32.1 Å². The lowest BCUT2D eigenvalue weighted by Crippen LogP contribution is -2.50. The number of nitrogens with zero attached hydrogens (tertiary/aromatic N) is 2. The van der Waals surface area contributed by atoms with Crippen molar-refractivity contribution in [2.45, 2.75) is 51.2 Å². The number of rotatable bonds is 6. The van der Waals surface area contributed by atoms with Crippen LogP contribution in [0.15, 0.2) is 0 Å². The summed E-state index contributed by atoms with van der Waals surface area (Å²) in [6.45, 7) is 8.36. The minimum absolute atomic E-state index is 0.265. The maximum atomic E-state index is 9.30. The Bertz CT molecular complexity index is 244. The number of ether oxygens (including phenoxy) is 1. The van der Waals surface area contributed by atoms with Gasteiger partial charge in [0.2, 0.25) is 0 Å². The van der Waals surface area contributed by atoms with Gasteiger partial charge < -0.3 is 9.84 Å². The minimum atomic E-state index is 0.265. The molecule has 1 atom stereocenters. The van der Waals surface area contributed by atoms with Gasteiger partial charge in [-0.2, -0.15) is 0 Å². The Kier molecular flexibility index (Phi) is 6.57. The molecule has 19 heavy (non-hydrogen) atoms. The molecule has 112 valence electrons. The summed E-state index contributed by atoms with van der Waals surface area (Å²) in [5, 5.41) is 9.30. The van der Waals surface area contributed by atoms with Crippen LogP contribution in [0.1, 0.15) is 39.0 Å². The van der Waals surface area contributed by atoms with Gasteiger partial charge in [0.25, 0.3) is 0 Å². The van der Waals surface area contributed by atoms with Crippen LogP contribution in [0.25, 0.3) is 0 Å². The predicted molar refractivity (Wildman–Crippen MR) is 77.4 cm³/mol. The Morgan fingerprint density at radius 2 is 2.05 bits per heavy atom. The van der Waals surface area contributed by atoms with Crippen LogP contribution in [0.4, 0.5) is 0 Å². The lowest BCUT2D eigenvalue weighted by atomic mass is 9.94. The Balaban J connectivity index is 1.84. The second-order valence-corrected chi connectivity index (χ2v) is 5.90. The monoisotopic (exact) mass is 270 g/mol. The highest BCUT2D eigenvalue weighted by Crippen LogP contribution is 2.23. The molecule has 4 nitrogen and oxygen atoms in total. The number of morpholine rings is 1. The van der Waals surface area contributed by atoms with Gasteiger partial charge in [0.05, 0.1) is 19.3 Å². The van der Waals surface area contributed by atoms with Crippen molar-refractivity contribution in [3.8, 4) is 0 Å². The number of hydrogen-bond acceptors (Lipinski definition) is 4. The van der Waals surface area contributed by atoms with Crippen molar-refractivity contribution in [3.63, 3.8) is 0 Å². The summed E-state index contributed by atoms with van der Waals surface area (Å²) >= 11 is 0. The van der Waals surface area contributed by atoms with Gasteiger partial charge in [-0.25, -0.2) is 0 Å². The van der Waals surface area contributed by atoms with E-state index in [-0.39, 0.29) is 6.61 Å². The number of likely N-dealkylation sites (N-methyl/N-ethyl adjacent to an activating group) is 1. The molecule has 1 aliphatic carbocycles. The van der Waals surface area contributed by atoms with Crippen LogP contribution in [0.3, 0.4) is 0 Å². The molecule has 2 fully saturated rings. The van der Waals surface area contributed by atoms with Crippen molar-refractivity contribution in [3.05, 3.63) is 0 Å². The molecular formula is C15H30N2O2. The quantitative estimate of drug-likeness (QED) is 0.790. The number of aliphatic hydroxyl groups is 1. The fraction of sp³-hybridized carbons (Fsp3) is 1.00. The van der Waals surface area contributed by atoms with Gasteiger partial charge in [-0.15, -0.1) is 0 Å². The number of hydrogen-bond donors (Lipinski definition) is 1. The molecule has 0 spiro atoms. The fourth-order valence-corrected chi connectivity index (χ4v) is 3.44. The zero-order valence-electron chi connectivity index (χ0n) is 12.4. The summed E-state index contributed by atoms with van der Waals surface area (Å²) in [5.74, 6) is 0. The van der Waals surface area contributed by atoms with Crippen LogP contribution in [-0.2, 0) is 4.74 Å². The van der Waals surface area contributed by atoms with Gasteiger partial charge in [0.1, 0.15) is 0 Å². The lowest BCUT2D eigenvalue weighted by molar-refractivity contribution is -0.0510. The molecule has 0 amide bonds. The Morgan fingerprint density at radius 1 is 1.26 bits per heavy atom. The highest BCUT2D eigenvalue weighted by atomic mass is 16.5. The smallest absolute Gasteiger partial charge is 0.0829 e. The van der Waals surface area contributed by atoms with E-state index in [4.69, 9.17) is 4.74 Å². The van der Waals surface area contributed by atoms with Crippen LogP contribution in [0, 0.1) is 0 Å². The molecule has 0 aromatic heterocycles. The molecule has 0 aromatic rings. The molecular weight excluding hydrogens is 240 g/mol. The van der Waals surface area contributed by atoms with Crippen LogP contribution >= 0.6 is 0 Å². The van der Waals surface area contributed by atoms with E-state index >= 15 is 0 Å². The highest BCUT2D eigenvalue weighted by Gasteiger charge is 2.26.